The van der Waals surface area contributed by atoms with Crippen LogP contribution in [-0.4, -0.2) is 45.8 Å². The van der Waals surface area contributed by atoms with E-state index in [1.54, 1.807) is 24.3 Å². The first kappa shape index (κ1) is 25.7. The summed E-state index contributed by atoms with van der Waals surface area (Å²) in [4.78, 5) is 53.1. The van der Waals surface area contributed by atoms with Crippen LogP contribution >= 0.6 is 11.8 Å². The molecule has 0 saturated heterocycles. The molecule has 2 aromatic carbocycles. The number of hydrogen-bond acceptors (Lipinski definition) is 8. The number of imide groups is 1. The van der Waals surface area contributed by atoms with Crippen LogP contribution in [-0.2, 0) is 27.3 Å². The average molecular weight is 529 g/mol. The van der Waals surface area contributed by atoms with Crippen molar-refractivity contribution in [3.63, 3.8) is 0 Å². The van der Waals surface area contributed by atoms with Crippen molar-refractivity contribution in [2.45, 2.75) is 45.3 Å². The van der Waals surface area contributed by atoms with E-state index in [0.29, 0.717) is 30.4 Å². The highest BCUT2D eigenvalue weighted by molar-refractivity contribution is 8.04. The smallest absolute Gasteiger partial charge is 0.340 e. The summed E-state index contributed by atoms with van der Waals surface area (Å²) in [7, 11) is 0. The minimum Gasteiger partial charge on any atom is -0.462 e. The Morgan fingerprint density at radius 2 is 1.66 bits per heavy atom. The van der Waals surface area contributed by atoms with Crippen molar-refractivity contribution in [1.29, 1.82) is 0 Å². The van der Waals surface area contributed by atoms with Crippen molar-refractivity contribution >= 4 is 35.2 Å². The number of fused-ring (bicyclic) bond motifs is 1. The SMILES string of the molecule is CCCOC(=O)c1ccccc1N1C(=O)C(Sc2nc(C)cc(C)n2)=C(N2CCc3ccccc3C2)C1=O. The van der Waals surface area contributed by atoms with Crippen LogP contribution < -0.4 is 4.90 Å². The van der Waals surface area contributed by atoms with Crippen LogP contribution in [0.3, 0.4) is 0 Å². The van der Waals surface area contributed by atoms with Crippen LogP contribution in [0.5, 0.6) is 0 Å². The normalized spacial score (nSPS) is 15.2. The first-order valence-electron chi connectivity index (χ1n) is 12.6. The average Bonchev–Trinajstić information content (AvgIpc) is 3.15. The number of aryl methyl sites for hydroxylation is 2. The molecule has 3 heterocycles. The van der Waals surface area contributed by atoms with Gasteiger partial charge in [-0.2, -0.15) is 0 Å². The lowest BCUT2D eigenvalue weighted by Gasteiger charge is -2.31. The van der Waals surface area contributed by atoms with Gasteiger partial charge in [0, 0.05) is 24.5 Å². The number of carbonyl (C=O) groups excluding carboxylic acids is 3. The molecule has 0 saturated carbocycles. The predicted molar refractivity (Wildman–Crippen MR) is 144 cm³/mol. The van der Waals surface area contributed by atoms with Crippen LogP contribution in [0, 0.1) is 13.8 Å². The van der Waals surface area contributed by atoms with Gasteiger partial charge < -0.3 is 9.64 Å². The van der Waals surface area contributed by atoms with Gasteiger partial charge in [-0.25, -0.2) is 19.7 Å². The lowest BCUT2D eigenvalue weighted by molar-refractivity contribution is -0.121. The van der Waals surface area contributed by atoms with Crippen molar-refractivity contribution < 1.29 is 19.1 Å². The summed E-state index contributed by atoms with van der Waals surface area (Å²) in [5.74, 6) is -1.56. The molecule has 9 heteroatoms. The van der Waals surface area contributed by atoms with E-state index in [9.17, 15) is 14.4 Å². The van der Waals surface area contributed by atoms with Crippen molar-refractivity contribution in [2.24, 2.45) is 0 Å². The fraction of sp³-hybridized carbons (Fsp3) is 0.276. The van der Waals surface area contributed by atoms with Crippen LogP contribution in [0.1, 0.15) is 46.2 Å². The Labute approximate surface area is 225 Å². The molecular weight excluding hydrogens is 500 g/mol. The maximum absolute atomic E-state index is 14.1. The highest BCUT2D eigenvalue weighted by Crippen LogP contribution is 2.40. The van der Waals surface area contributed by atoms with Gasteiger partial charge in [0.25, 0.3) is 11.8 Å². The number of anilines is 1. The van der Waals surface area contributed by atoms with Crippen molar-refractivity contribution in [3.8, 4) is 0 Å². The highest BCUT2D eigenvalue weighted by atomic mass is 32.2. The van der Waals surface area contributed by atoms with Gasteiger partial charge in [0.2, 0.25) is 0 Å². The lowest BCUT2D eigenvalue weighted by Crippen LogP contribution is -2.38. The summed E-state index contributed by atoms with van der Waals surface area (Å²) in [6.45, 7) is 6.95. The molecule has 0 atom stereocenters. The maximum Gasteiger partial charge on any atom is 0.340 e. The molecule has 1 aromatic heterocycles. The van der Waals surface area contributed by atoms with Gasteiger partial charge in [-0.1, -0.05) is 43.3 Å². The van der Waals surface area contributed by atoms with E-state index < -0.39 is 17.8 Å². The van der Waals surface area contributed by atoms with E-state index in [0.717, 1.165) is 40.0 Å². The van der Waals surface area contributed by atoms with Crippen LogP contribution in [0.25, 0.3) is 0 Å². The van der Waals surface area contributed by atoms with Crippen molar-refractivity contribution in [2.75, 3.05) is 18.1 Å². The maximum atomic E-state index is 14.1. The van der Waals surface area contributed by atoms with Crippen molar-refractivity contribution in [1.82, 2.24) is 14.9 Å². The number of carbonyl (C=O) groups is 3. The Morgan fingerprint density at radius 3 is 2.39 bits per heavy atom. The molecular formula is C29H28N4O4S. The molecule has 3 aromatic rings. The summed E-state index contributed by atoms with van der Waals surface area (Å²) in [6.07, 6.45) is 1.41. The molecule has 0 bridgehead atoms. The standard InChI is InChI=1S/C29H28N4O4S/c1-4-15-37-28(36)22-11-7-8-12-23(22)33-26(34)24(32-14-13-20-9-5-6-10-21(20)17-32)25(27(33)35)38-29-30-18(2)16-19(3)31-29/h5-12,16H,4,13-15,17H2,1-3H3. The van der Waals surface area contributed by atoms with Gasteiger partial charge in [0.15, 0.2) is 5.16 Å². The number of esters is 1. The summed E-state index contributed by atoms with van der Waals surface area (Å²) < 4.78 is 5.34. The summed E-state index contributed by atoms with van der Waals surface area (Å²) in [6, 6.07) is 16.5. The van der Waals surface area contributed by atoms with Gasteiger partial charge in [-0.05, 0) is 67.8 Å². The van der Waals surface area contributed by atoms with Crippen LogP contribution in [0.2, 0.25) is 0 Å². The second kappa shape index (κ2) is 10.8. The third kappa shape index (κ3) is 4.93. The zero-order valence-electron chi connectivity index (χ0n) is 21.6. The third-order valence-corrected chi connectivity index (χ3v) is 7.36. The molecule has 0 aliphatic carbocycles. The van der Waals surface area contributed by atoms with E-state index in [2.05, 4.69) is 16.0 Å². The van der Waals surface area contributed by atoms with Crippen molar-refractivity contribution in [3.05, 3.63) is 93.3 Å². The molecule has 0 radical (unpaired) electrons. The molecule has 0 N–H and O–H groups in total. The first-order chi connectivity index (χ1) is 18.4. The first-order valence-corrected chi connectivity index (χ1v) is 13.4. The van der Waals surface area contributed by atoms with Crippen LogP contribution in [0.4, 0.5) is 5.69 Å². The number of amides is 2. The molecule has 2 aliphatic heterocycles. The number of rotatable bonds is 7. The minimum absolute atomic E-state index is 0.167. The summed E-state index contributed by atoms with van der Waals surface area (Å²) in [5.41, 5.74) is 4.55. The quantitative estimate of drug-likeness (QED) is 0.250. The number of nitrogens with zero attached hydrogens (tertiary/aromatic N) is 4. The molecule has 0 spiro atoms. The largest absolute Gasteiger partial charge is 0.462 e. The Hall–Kier alpha value is -3.98. The lowest BCUT2D eigenvalue weighted by atomic mass is 9.99. The highest BCUT2D eigenvalue weighted by Gasteiger charge is 2.44. The molecule has 2 aliphatic rings. The molecule has 2 amide bonds. The number of hydrogen-bond donors (Lipinski definition) is 0. The minimum atomic E-state index is -0.574. The zero-order valence-corrected chi connectivity index (χ0v) is 22.4. The molecule has 5 rings (SSSR count). The second-order valence-corrected chi connectivity index (χ2v) is 10.2. The van der Waals surface area contributed by atoms with E-state index >= 15 is 0 Å². The van der Waals surface area contributed by atoms with E-state index in [1.165, 1.54) is 5.56 Å². The number of thioether (sulfide) groups is 1. The van der Waals surface area contributed by atoms with Gasteiger partial charge in [0.05, 0.1) is 17.9 Å². The number of para-hydroxylation sites is 1. The fourth-order valence-corrected chi connectivity index (χ4v) is 5.77. The molecule has 0 unspecified atom stereocenters. The number of benzene rings is 2. The summed E-state index contributed by atoms with van der Waals surface area (Å²) >= 11 is 1.09. The zero-order chi connectivity index (χ0) is 26.8. The Kier molecular flexibility index (Phi) is 7.28. The second-order valence-electron chi connectivity index (χ2n) is 9.25. The molecule has 8 nitrogen and oxygen atoms in total. The Bertz CT molecular complexity index is 1450. The number of ether oxygens (including phenoxy) is 1. The number of aromatic nitrogens is 2. The fourth-order valence-electron chi connectivity index (χ4n) is 4.72. The van der Waals surface area contributed by atoms with E-state index in [-0.39, 0.29) is 22.8 Å². The van der Waals surface area contributed by atoms with Gasteiger partial charge in [-0.15, -0.1) is 0 Å². The Balaban J connectivity index is 1.57. The van der Waals surface area contributed by atoms with Gasteiger partial charge in [-0.3, -0.25) is 9.59 Å². The molecule has 0 fully saturated rings. The van der Waals surface area contributed by atoms with E-state index in [4.69, 9.17) is 4.74 Å². The molecule has 194 valence electrons. The van der Waals surface area contributed by atoms with Gasteiger partial charge in [0.1, 0.15) is 10.6 Å². The Morgan fingerprint density at radius 1 is 0.974 bits per heavy atom. The monoisotopic (exact) mass is 528 g/mol. The van der Waals surface area contributed by atoms with E-state index in [1.807, 2.05) is 49.9 Å². The molecule has 38 heavy (non-hydrogen) atoms. The summed E-state index contributed by atoms with van der Waals surface area (Å²) in [5, 5.41) is 0.394. The predicted octanol–water partition coefficient (Wildman–Crippen LogP) is 4.60. The van der Waals surface area contributed by atoms with Gasteiger partial charge >= 0.3 is 5.97 Å². The van der Waals surface area contributed by atoms with Crippen LogP contribution in [0.15, 0.2) is 70.4 Å². The third-order valence-electron chi connectivity index (χ3n) is 6.42. The topological polar surface area (TPSA) is 92.7 Å².